The Morgan fingerprint density at radius 1 is 1.30 bits per heavy atom. The van der Waals surface area contributed by atoms with Crippen molar-refractivity contribution in [3.63, 3.8) is 0 Å². The molecule has 2 aromatic heterocycles. The molecule has 2 heterocycles. The number of alkyl halides is 3. The van der Waals surface area contributed by atoms with Crippen LogP contribution in [0, 0.1) is 6.92 Å². The molecular weight excluding hydrogens is 331 g/mol. The Bertz CT molecular complexity index is 943. The Kier molecular flexibility index (Phi) is 3.63. The molecule has 0 atom stereocenters. The summed E-state index contributed by atoms with van der Waals surface area (Å²) in [6, 6.07) is 4.12. The molecule has 0 N–H and O–H groups in total. The van der Waals surface area contributed by atoms with E-state index in [1.807, 2.05) is 0 Å². The van der Waals surface area contributed by atoms with Gasteiger partial charge in [0.15, 0.2) is 0 Å². The van der Waals surface area contributed by atoms with E-state index in [1.165, 1.54) is 30.7 Å². The second-order valence-electron chi connectivity index (χ2n) is 4.75. The predicted molar refractivity (Wildman–Crippen MR) is 79.9 cm³/mol. The zero-order valence-corrected chi connectivity index (χ0v) is 12.8. The van der Waals surface area contributed by atoms with Gasteiger partial charge in [-0.2, -0.15) is 13.2 Å². The second kappa shape index (κ2) is 5.38. The lowest BCUT2D eigenvalue weighted by molar-refractivity contribution is -0.152. The number of halogens is 3. The van der Waals surface area contributed by atoms with Crippen LogP contribution in [0.4, 0.5) is 13.2 Å². The fourth-order valence-corrected chi connectivity index (χ4v) is 2.81. The highest BCUT2D eigenvalue weighted by atomic mass is 32.1. The van der Waals surface area contributed by atoms with Gasteiger partial charge < -0.3 is 9.15 Å². The minimum absolute atomic E-state index is 0.0358. The fourth-order valence-electron chi connectivity index (χ4n) is 2.21. The van der Waals surface area contributed by atoms with E-state index in [1.54, 1.807) is 6.92 Å². The number of benzene rings is 1. The van der Waals surface area contributed by atoms with Crippen molar-refractivity contribution in [3.8, 4) is 17.0 Å². The molecule has 120 valence electrons. The van der Waals surface area contributed by atoms with Crippen LogP contribution in [0.5, 0.6) is 5.75 Å². The molecule has 23 heavy (non-hydrogen) atoms. The van der Waals surface area contributed by atoms with E-state index < -0.39 is 22.9 Å². The van der Waals surface area contributed by atoms with Crippen molar-refractivity contribution in [1.29, 1.82) is 0 Å². The minimum atomic E-state index is -4.82. The zero-order valence-electron chi connectivity index (χ0n) is 12.0. The highest BCUT2D eigenvalue weighted by Crippen LogP contribution is 2.37. The van der Waals surface area contributed by atoms with Crippen LogP contribution in [0.15, 0.2) is 32.8 Å². The third kappa shape index (κ3) is 2.70. The third-order valence-electron chi connectivity index (χ3n) is 3.23. The van der Waals surface area contributed by atoms with Crippen LogP contribution in [0.1, 0.15) is 10.8 Å². The molecule has 0 bridgehead atoms. The van der Waals surface area contributed by atoms with Crippen molar-refractivity contribution in [1.82, 2.24) is 4.98 Å². The molecule has 0 saturated heterocycles. The van der Waals surface area contributed by atoms with Crippen molar-refractivity contribution in [2.45, 2.75) is 13.1 Å². The van der Waals surface area contributed by atoms with Gasteiger partial charge in [0.05, 0.1) is 28.8 Å². The lowest BCUT2D eigenvalue weighted by atomic mass is 10.1. The summed E-state index contributed by atoms with van der Waals surface area (Å²) in [6.45, 7) is 1.65. The second-order valence-corrected chi connectivity index (χ2v) is 5.81. The molecule has 3 rings (SSSR count). The third-order valence-corrected chi connectivity index (χ3v) is 4.01. The number of rotatable bonds is 2. The van der Waals surface area contributed by atoms with Crippen molar-refractivity contribution >= 4 is 22.3 Å². The molecule has 0 amide bonds. The quantitative estimate of drug-likeness (QED) is 0.699. The highest BCUT2D eigenvalue weighted by Gasteiger charge is 2.40. The van der Waals surface area contributed by atoms with Gasteiger partial charge in [0.2, 0.25) is 11.2 Å². The van der Waals surface area contributed by atoms with Gasteiger partial charge in [0, 0.05) is 11.4 Å². The number of aromatic nitrogens is 1. The summed E-state index contributed by atoms with van der Waals surface area (Å²) in [4.78, 5) is 16.6. The average molecular weight is 341 g/mol. The molecule has 0 saturated carbocycles. The van der Waals surface area contributed by atoms with Crippen molar-refractivity contribution in [2.24, 2.45) is 0 Å². The molecule has 0 radical (unpaired) electrons. The summed E-state index contributed by atoms with van der Waals surface area (Å²) < 4.78 is 50.0. The summed E-state index contributed by atoms with van der Waals surface area (Å²) >= 11 is 1.16. The number of aryl methyl sites for hydroxylation is 1. The molecule has 0 aliphatic rings. The monoisotopic (exact) mass is 341 g/mol. The van der Waals surface area contributed by atoms with Crippen LogP contribution in [0.2, 0.25) is 0 Å². The van der Waals surface area contributed by atoms with Crippen molar-refractivity contribution in [3.05, 3.63) is 44.6 Å². The summed E-state index contributed by atoms with van der Waals surface area (Å²) in [6.07, 6.45) is -4.82. The Labute approximate surface area is 132 Å². The normalized spacial score (nSPS) is 11.9. The van der Waals surface area contributed by atoms with E-state index in [2.05, 4.69) is 4.98 Å². The van der Waals surface area contributed by atoms with Gasteiger partial charge in [-0.15, -0.1) is 11.3 Å². The molecule has 8 heteroatoms. The maximum atomic E-state index is 13.3. The molecule has 0 unspecified atom stereocenters. The first-order valence-corrected chi connectivity index (χ1v) is 7.34. The summed E-state index contributed by atoms with van der Waals surface area (Å²) in [5.41, 5.74) is -1.56. The van der Waals surface area contributed by atoms with Gasteiger partial charge in [-0.05, 0) is 19.1 Å². The number of thiazole rings is 1. The predicted octanol–water partition coefficient (Wildman–Crippen LogP) is 4.25. The van der Waals surface area contributed by atoms with Crippen LogP contribution in [-0.2, 0) is 6.18 Å². The van der Waals surface area contributed by atoms with Gasteiger partial charge in [-0.25, -0.2) is 4.98 Å². The van der Waals surface area contributed by atoms with Gasteiger partial charge in [0.25, 0.3) is 0 Å². The van der Waals surface area contributed by atoms with Crippen LogP contribution >= 0.6 is 11.3 Å². The number of fused-ring (bicyclic) bond motifs is 1. The Balaban J connectivity index is 2.42. The maximum absolute atomic E-state index is 13.3. The zero-order chi connectivity index (χ0) is 16.8. The van der Waals surface area contributed by atoms with E-state index in [4.69, 9.17) is 9.15 Å². The first-order valence-electron chi connectivity index (χ1n) is 6.46. The highest BCUT2D eigenvalue weighted by molar-refractivity contribution is 7.09. The lowest BCUT2D eigenvalue weighted by Gasteiger charge is -2.11. The first kappa shape index (κ1) is 15.5. The van der Waals surface area contributed by atoms with Gasteiger partial charge in [0.1, 0.15) is 11.3 Å². The molecule has 0 spiro atoms. The number of ether oxygens (including phenoxy) is 1. The van der Waals surface area contributed by atoms with Gasteiger partial charge >= 0.3 is 6.18 Å². The Morgan fingerprint density at radius 2 is 2.04 bits per heavy atom. The molecule has 1 aromatic carbocycles. The van der Waals surface area contributed by atoms with Crippen molar-refractivity contribution < 1.29 is 22.3 Å². The summed E-state index contributed by atoms with van der Waals surface area (Å²) in [5.74, 6) is -1.06. The molecule has 0 aliphatic carbocycles. The van der Waals surface area contributed by atoms with E-state index in [-0.39, 0.29) is 16.7 Å². The van der Waals surface area contributed by atoms with E-state index in [0.29, 0.717) is 10.8 Å². The molecule has 0 aliphatic heterocycles. The Morgan fingerprint density at radius 3 is 2.61 bits per heavy atom. The average Bonchev–Trinajstić information content (AvgIpc) is 2.91. The smallest absolute Gasteiger partial charge is 0.450 e. The Hall–Kier alpha value is -2.35. The number of hydrogen-bond acceptors (Lipinski definition) is 5. The van der Waals surface area contributed by atoms with Gasteiger partial charge in [-0.3, -0.25) is 4.79 Å². The lowest BCUT2D eigenvalue weighted by Crippen LogP contribution is -2.16. The number of nitrogens with zero attached hydrogens (tertiary/aromatic N) is 1. The standard InChI is InChI=1S/C15H10F3NO3S/c1-7-19-10(6-23-7)12-13(20)9-4-3-8(21-2)5-11(9)22-14(12)15(16,17)18/h3-6H,1-2H3. The number of hydrogen-bond donors (Lipinski definition) is 0. The van der Waals surface area contributed by atoms with E-state index in [0.717, 1.165) is 11.3 Å². The van der Waals surface area contributed by atoms with E-state index >= 15 is 0 Å². The van der Waals surface area contributed by atoms with Crippen molar-refractivity contribution in [2.75, 3.05) is 7.11 Å². The van der Waals surface area contributed by atoms with Gasteiger partial charge in [-0.1, -0.05) is 0 Å². The maximum Gasteiger partial charge on any atom is 0.450 e. The first-order chi connectivity index (χ1) is 10.8. The van der Waals surface area contributed by atoms with Crippen LogP contribution < -0.4 is 10.2 Å². The molecule has 3 aromatic rings. The van der Waals surface area contributed by atoms with E-state index in [9.17, 15) is 18.0 Å². The summed E-state index contributed by atoms with van der Waals surface area (Å²) in [7, 11) is 1.37. The van der Waals surface area contributed by atoms with Crippen LogP contribution in [-0.4, -0.2) is 12.1 Å². The number of methoxy groups -OCH3 is 1. The SMILES string of the molecule is COc1ccc2c(=O)c(-c3csc(C)n3)c(C(F)(F)F)oc2c1. The molecular formula is C15H10F3NO3S. The molecule has 0 fully saturated rings. The molecule has 4 nitrogen and oxygen atoms in total. The van der Waals surface area contributed by atoms with Crippen LogP contribution in [0.3, 0.4) is 0 Å². The fraction of sp³-hybridized carbons (Fsp3) is 0.200. The van der Waals surface area contributed by atoms with Crippen LogP contribution in [0.25, 0.3) is 22.2 Å². The topological polar surface area (TPSA) is 52.3 Å². The minimum Gasteiger partial charge on any atom is -0.497 e. The summed E-state index contributed by atoms with van der Waals surface area (Å²) in [5, 5.41) is 2.01. The largest absolute Gasteiger partial charge is 0.497 e.